The van der Waals surface area contributed by atoms with Crippen LogP contribution in [0.1, 0.15) is 30.5 Å². The second kappa shape index (κ2) is 9.03. The highest BCUT2D eigenvalue weighted by Gasteiger charge is 2.15. The van der Waals surface area contributed by atoms with Gasteiger partial charge >= 0.3 is 0 Å². The molecule has 34 heavy (non-hydrogen) atoms. The van der Waals surface area contributed by atoms with Gasteiger partial charge in [0.1, 0.15) is 11.2 Å². The number of benzene rings is 4. The summed E-state index contributed by atoms with van der Waals surface area (Å²) in [5.41, 5.74) is 11.3. The molecular weight excluding hydrogens is 412 g/mol. The molecule has 0 aliphatic rings. The Kier molecular flexibility index (Phi) is 5.77. The van der Waals surface area contributed by atoms with Crippen LogP contribution in [0.2, 0.25) is 0 Å². The number of rotatable bonds is 5. The molecule has 4 aromatic carbocycles. The molecule has 1 heteroatoms. The number of para-hydroxylation sites is 1. The molecule has 1 aromatic heterocycles. The van der Waals surface area contributed by atoms with E-state index in [9.17, 15) is 0 Å². The van der Waals surface area contributed by atoms with E-state index in [0.29, 0.717) is 0 Å². The zero-order valence-electron chi connectivity index (χ0n) is 19.9. The molecule has 0 spiro atoms. The first-order chi connectivity index (χ1) is 16.6. The van der Waals surface area contributed by atoms with Gasteiger partial charge in [0.2, 0.25) is 0 Å². The van der Waals surface area contributed by atoms with E-state index in [2.05, 4.69) is 106 Å². The fourth-order valence-electron chi connectivity index (χ4n) is 4.90. The van der Waals surface area contributed by atoms with E-state index in [0.717, 1.165) is 27.7 Å². The summed E-state index contributed by atoms with van der Waals surface area (Å²) >= 11 is 0. The van der Waals surface area contributed by atoms with Crippen molar-refractivity contribution in [2.45, 2.75) is 20.8 Å². The third kappa shape index (κ3) is 3.70. The van der Waals surface area contributed by atoms with Crippen LogP contribution in [0, 0.1) is 6.92 Å². The average Bonchev–Trinajstić information content (AvgIpc) is 3.27. The van der Waals surface area contributed by atoms with Gasteiger partial charge in [-0.25, -0.2) is 0 Å². The molecule has 5 rings (SSSR count). The van der Waals surface area contributed by atoms with Crippen LogP contribution in [-0.2, 0) is 0 Å². The van der Waals surface area contributed by atoms with E-state index >= 15 is 0 Å². The second-order valence-electron chi connectivity index (χ2n) is 8.62. The third-order valence-electron chi connectivity index (χ3n) is 6.59. The summed E-state index contributed by atoms with van der Waals surface area (Å²) in [6, 6.07) is 31.9. The van der Waals surface area contributed by atoms with Gasteiger partial charge < -0.3 is 4.42 Å². The molecule has 0 saturated heterocycles. The Labute approximate surface area is 201 Å². The standard InChI is InChI=1S/C33H28O/c1-5-27(24-13-8-7-9-14-24)23(4)28(6-2)25-15-12-16-26(21-25)29-20-19-22(3)33-32(29)30-17-10-11-18-31(30)34-33/h5-21H,1H2,2-4H3/b27-23+,28-6+. The molecule has 0 fully saturated rings. The van der Waals surface area contributed by atoms with Crippen LogP contribution in [0.15, 0.2) is 120 Å². The molecular formula is C33H28O. The summed E-state index contributed by atoms with van der Waals surface area (Å²) in [7, 11) is 0. The molecule has 0 bridgehead atoms. The minimum Gasteiger partial charge on any atom is -0.456 e. The minimum absolute atomic E-state index is 0.926. The predicted molar refractivity (Wildman–Crippen MR) is 147 cm³/mol. The van der Waals surface area contributed by atoms with Gasteiger partial charge in [-0.15, -0.1) is 0 Å². The Morgan fingerprint density at radius 3 is 2.32 bits per heavy atom. The van der Waals surface area contributed by atoms with Crippen LogP contribution in [0.4, 0.5) is 0 Å². The van der Waals surface area contributed by atoms with Crippen molar-refractivity contribution in [1.29, 1.82) is 0 Å². The largest absolute Gasteiger partial charge is 0.456 e. The van der Waals surface area contributed by atoms with Crippen LogP contribution in [-0.4, -0.2) is 0 Å². The molecule has 0 amide bonds. The van der Waals surface area contributed by atoms with Crippen molar-refractivity contribution in [3.63, 3.8) is 0 Å². The van der Waals surface area contributed by atoms with E-state index < -0.39 is 0 Å². The van der Waals surface area contributed by atoms with Crippen LogP contribution in [0.5, 0.6) is 0 Å². The Bertz CT molecular complexity index is 1580. The highest BCUT2D eigenvalue weighted by Crippen LogP contribution is 2.39. The van der Waals surface area contributed by atoms with Crippen molar-refractivity contribution in [2.75, 3.05) is 0 Å². The van der Waals surface area contributed by atoms with Gasteiger partial charge in [0, 0.05) is 10.8 Å². The normalized spacial score (nSPS) is 12.7. The Morgan fingerprint density at radius 2 is 1.56 bits per heavy atom. The summed E-state index contributed by atoms with van der Waals surface area (Å²) in [5.74, 6) is 0. The highest BCUT2D eigenvalue weighted by atomic mass is 16.3. The molecule has 0 radical (unpaired) electrons. The molecule has 0 N–H and O–H groups in total. The van der Waals surface area contributed by atoms with Crippen LogP contribution in [0.25, 0.3) is 44.2 Å². The second-order valence-corrected chi connectivity index (χ2v) is 8.62. The van der Waals surface area contributed by atoms with Crippen LogP contribution in [0.3, 0.4) is 0 Å². The topological polar surface area (TPSA) is 13.1 Å². The molecule has 0 saturated carbocycles. The molecule has 0 atom stereocenters. The van der Waals surface area contributed by atoms with Gasteiger partial charge in [0.25, 0.3) is 0 Å². The maximum atomic E-state index is 6.25. The van der Waals surface area contributed by atoms with Crippen molar-refractivity contribution in [3.05, 3.63) is 132 Å². The van der Waals surface area contributed by atoms with E-state index in [1.54, 1.807) is 0 Å². The number of hydrogen-bond acceptors (Lipinski definition) is 1. The van der Waals surface area contributed by atoms with Crippen molar-refractivity contribution < 1.29 is 4.42 Å². The highest BCUT2D eigenvalue weighted by molar-refractivity contribution is 6.13. The van der Waals surface area contributed by atoms with E-state index in [1.165, 1.54) is 38.8 Å². The van der Waals surface area contributed by atoms with Crippen LogP contribution < -0.4 is 0 Å². The van der Waals surface area contributed by atoms with Gasteiger partial charge in [0.05, 0.1) is 0 Å². The fourth-order valence-corrected chi connectivity index (χ4v) is 4.90. The smallest absolute Gasteiger partial charge is 0.138 e. The Hall–Kier alpha value is -4.10. The van der Waals surface area contributed by atoms with Crippen molar-refractivity contribution in [3.8, 4) is 11.1 Å². The lowest BCUT2D eigenvalue weighted by atomic mass is 9.89. The molecule has 0 aliphatic heterocycles. The maximum Gasteiger partial charge on any atom is 0.138 e. The lowest BCUT2D eigenvalue weighted by molar-refractivity contribution is 0.666. The first-order valence-electron chi connectivity index (χ1n) is 11.7. The molecule has 166 valence electrons. The molecule has 5 aromatic rings. The van der Waals surface area contributed by atoms with Gasteiger partial charge in [-0.2, -0.15) is 0 Å². The number of allylic oxidation sites excluding steroid dienone is 5. The lowest BCUT2D eigenvalue weighted by Gasteiger charge is -2.15. The molecule has 1 heterocycles. The van der Waals surface area contributed by atoms with Crippen molar-refractivity contribution in [2.24, 2.45) is 0 Å². The fraction of sp³-hybridized carbons (Fsp3) is 0.0909. The molecule has 1 nitrogen and oxygen atoms in total. The summed E-state index contributed by atoms with van der Waals surface area (Å²) in [4.78, 5) is 0. The summed E-state index contributed by atoms with van der Waals surface area (Å²) in [6.45, 7) is 10.5. The van der Waals surface area contributed by atoms with Gasteiger partial charge in [0.15, 0.2) is 0 Å². The first-order valence-corrected chi connectivity index (χ1v) is 11.7. The number of fused-ring (bicyclic) bond motifs is 3. The zero-order valence-corrected chi connectivity index (χ0v) is 19.9. The predicted octanol–water partition coefficient (Wildman–Crippen LogP) is 9.62. The average molecular weight is 441 g/mol. The van der Waals surface area contributed by atoms with Gasteiger partial charge in [-0.05, 0) is 77.4 Å². The van der Waals surface area contributed by atoms with Crippen molar-refractivity contribution in [1.82, 2.24) is 0 Å². The zero-order chi connectivity index (χ0) is 23.7. The lowest BCUT2D eigenvalue weighted by Crippen LogP contribution is -1.93. The van der Waals surface area contributed by atoms with Crippen LogP contribution >= 0.6 is 0 Å². The number of furan rings is 1. The molecule has 0 aliphatic carbocycles. The Balaban J connectivity index is 1.68. The summed E-state index contributed by atoms with van der Waals surface area (Å²) in [5, 5.41) is 2.33. The van der Waals surface area contributed by atoms with E-state index in [-0.39, 0.29) is 0 Å². The summed E-state index contributed by atoms with van der Waals surface area (Å²) in [6.07, 6.45) is 4.15. The number of aryl methyl sites for hydroxylation is 1. The Morgan fingerprint density at radius 1 is 0.824 bits per heavy atom. The minimum atomic E-state index is 0.926. The quantitative estimate of drug-likeness (QED) is 0.248. The first kappa shape index (κ1) is 21.7. The third-order valence-corrected chi connectivity index (χ3v) is 6.59. The maximum absolute atomic E-state index is 6.25. The SMILES string of the molecule is C=C/C(=C(C)\C(=C/C)c1cccc(-c2ccc(C)c3oc4ccccc4c23)c1)c1ccccc1. The monoisotopic (exact) mass is 440 g/mol. The van der Waals surface area contributed by atoms with Crippen molar-refractivity contribution >= 4 is 33.1 Å². The van der Waals surface area contributed by atoms with Gasteiger partial charge in [-0.1, -0.05) is 97.6 Å². The van der Waals surface area contributed by atoms with Gasteiger partial charge in [-0.3, -0.25) is 0 Å². The van der Waals surface area contributed by atoms with E-state index in [1.807, 2.05) is 24.3 Å². The number of hydrogen-bond donors (Lipinski definition) is 0. The van der Waals surface area contributed by atoms with E-state index in [4.69, 9.17) is 4.42 Å². The molecule has 0 unspecified atom stereocenters. The summed E-state index contributed by atoms with van der Waals surface area (Å²) < 4.78 is 6.25.